The number of ether oxygens (including phenoxy) is 2. The first-order valence-corrected chi connectivity index (χ1v) is 5.97. The third-order valence-electron chi connectivity index (χ3n) is 3.17. The molecule has 0 aromatic heterocycles. The zero-order valence-corrected chi connectivity index (χ0v) is 10.3. The molecule has 92 valence electrons. The molecule has 1 aromatic rings. The molecule has 3 nitrogen and oxygen atoms in total. The summed E-state index contributed by atoms with van der Waals surface area (Å²) in [5, 5.41) is 0. The van der Waals surface area contributed by atoms with Crippen LogP contribution in [0.5, 0.6) is 0 Å². The molecule has 0 N–H and O–H groups in total. The van der Waals surface area contributed by atoms with Crippen molar-refractivity contribution in [2.24, 2.45) is 5.41 Å². The number of carbonyl (C=O) groups is 1. The van der Waals surface area contributed by atoms with Crippen LogP contribution in [0.25, 0.3) is 0 Å². The van der Waals surface area contributed by atoms with Crippen LogP contribution < -0.4 is 0 Å². The molecule has 0 amide bonds. The molecule has 17 heavy (non-hydrogen) atoms. The number of Topliss-reactive ketones (excluding diaryl/α,β-unsaturated/α-hetero) is 1. The lowest BCUT2D eigenvalue weighted by Gasteiger charge is -2.36. The van der Waals surface area contributed by atoms with E-state index in [9.17, 15) is 4.79 Å². The predicted octanol–water partition coefficient (Wildman–Crippen LogP) is 2.72. The second kappa shape index (κ2) is 4.98. The summed E-state index contributed by atoms with van der Waals surface area (Å²) in [5.74, 6) is 0.198. The van der Waals surface area contributed by atoms with Crippen LogP contribution in [0.2, 0.25) is 0 Å². The fourth-order valence-corrected chi connectivity index (χ4v) is 2.00. The zero-order valence-electron chi connectivity index (χ0n) is 10.3. The number of benzene rings is 1. The third kappa shape index (κ3) is 2.56. The molecule has 2 rings (SSSR count). The van der Waals surface area contributed by atoms with E-state index in [4.69, 9.17) is 9.47 Å². The van der Waals surface area contributed by atoms with Crippen molar-refractivity contribution in [2.45, 2.75) is 26.6 Å². The van der Waals surface area contributed by atoms with Crippen molar-refractivity contribution in [2.75, 3.05) is 13.2 Å². The molecule has 1 aliphatic rings. The molecule has 0 radical (unpaired) electrons. The fraction of sp³-hybridized carbons (Fsp3) is 0.500. The van der Waals surface area contributed by atoms with Gasteiger partial charge in [0.1, 0.15) is 5.78 Å². The molecule has 0 atom stereocenters. The van der Waals surface area contributed by atoms with Crippen LogP contribution in [-0.2, 0) is 14.3 Å². The minimum Gasteiger partial charge on any atom is -0.347 e. The van der Waals surface area contributed by atoms with Crippen LogP contribution in [0.15, 0.2) is 30.3 Å². The fourth-order valence-electron chi connectivity index (χ4n) is 2.00. The predicted molar refractivity (Wildman–Crippen MR) is 64.5 cm³/mol. The van der Waals surface area contributed by atoms with Crippen molar-refractivity contribution in [1.29, 1.82) is 0 Å². The maximum absolute atomic E-state index is 11.8. The Morgan fingerprint density at radius 2 is 1.88 bits per heavy atom. The van der Waals surface area contributed by atoms with E-state index in [2.05, 4.69) is 0 Å². The van der Waals surface area contributed by atoms with Crippen molar-refractivity contribution < 1.29 is 14.3 Å². The average molecular weight is 234 g/mol. The highest BCUT2D eigenvalue weighted by atomic mass is 16.7. The highest BCUT2D eigenvalue weighted by molar-refractivity contribution is 5.84. The van der Waals surface area contributed by atoms with Crippen LogP contribution in [-0.4, -0.2) is 19.0 Å². The van der Waals surface area contributed by atoms with Crippen LogP contribution in [0, 0.1) is 5.41 Å². The Kier molecular flexibility index (Phi) is 3.60. The smallest absolute Gasteiger partial charge is 0.183 e. The molecule has 1 aromatic carbocycles. The van der Waals surface area contributed by atoms with Gasteiger partial charge in [-0.3, -0.25) is 4.79 Å². The van der Waals surface area contributed by atoms with E-state index in [1.807, 2.05) is 44.2 Å². The molecule has 0 unspecified atom stereocenters. The summed E-state index contributed by atoms with van der Waals surface area (Å²) in [6.07, 6.45) is 0.188. The Bertz CT molecular complexity index is 378. The maximum Gasteiger partial charge on any atom is 0.183 e. The number of hydrogen-bond donors (Lipinski definition) is 0. The molecule has 0 saturated carbocycles. The van der Waals surface area contributed by atoms with Crippen molar-refractivity contribution in [3.05, 3.63) is 35.9 Å². The van der Waals surface area contributed by atoms with E-state index in [1.165, 1.54) is 0 Å². The number of ketones is 1. The van der Waals surface area contributed by atoms with E-state index in [1.54, 1.807) is 0 Å². The summed E-state index contributed by atoms with van der Waals surface area (Å²) in [6, 6.07) is 9.79. The first-order valence-electron chi connectivity index (χ1n) is 5.97. The SMILES string of the molecule is CCC(=O)C1(C)COC(c2ccccc2)OC1. The van der Waals surface area contributed by atoms with E-state index in [0.29, 0.717) is 19.6 Å². The topological polar surface area (TPSA) is 35.5 Å². The van der Waals surface area contributed by atoms with Crippen molar-refractivity contribution >= 4 is 5.78 Å². The molecular formula is C14H18O3. The molecule has 0 bridgehead atoms. The van der Waals surface area contributed by atoms with Crippen LogP contribution >= 0.6 is 0 Å². The molecule has 1 aliphatic heterocycles. The first kappa shape index (κ1) is 12.3. The Morgan fingerprint density at radius 3 is 2.41 bits per heavy atom. The van der Waals surface area contributed by atoms with Crippen LogP contribution in [0.4, 0.5) is 0 Å². The summed E-state index contributed by atoms with van der Waals surface area (Å²) in [7, 11) is 0. The van der Waals surface area contributed by atoms with E-state index in [-0.39, 0.29) is 12.1 Å². The monoisotopic (exact) mass is 234 g/mol. The van der Waals surface area contributed by atoms with Gasteiger partial charge in [-0.1, -0.05) is 37.3 Å². The molecule has 0 aliphatic carbocycles. The lowest BCUT2D eigenvalue weighted by molar-refractivity contribution is -0.227. The summed E-state index contributed by atoms with van der Waals surface area (Å²) in [4.78, 5) is 11.8. The highest BCUT2D eigenvalue weighted by Gasteiger charge is 2.38. The van der Waals surface area contributed by atoms with Gasteiger partial charge in [0, 0.05) is 12.0 Å². The second-order valence-electron chi connectivity index (χ2n) is 4.70. The normalized spacial score (nSPS) is 28.9. The van der Waals surface area contributed by atoms with Gasteiger partial charge in [0.05, 0.1) is 18.6 Å². The summed E-state index contributed by atoms with van der Waals surface area (Å²) < 4.78 is 11.3. The zero-order chi connectivity index (χ0) is 12.3. The van der Waals surface area contributed by atoms with E-state index >= 15 is 0 Å². The van der Waals surface area contributed by atoms with Gasteiger partial charge in [0.15, 0.2) is 6.29 Å². The third-order valence-corrected chi connectivity index (χ3v) is 3.17. The lowest BCUT2D eigenvalue weighted by Crippen LogP contribution is -2.42. The Balaban J connectivity index is 2.01. The minimum absolute atomic E-state index is 0.198. The van der Waals surface area contributed by atoms with Gasteiger partial charge in [-0.25, -0.2) is 0 Å². The van der Waals surface area contributed by atoms with Crippen LogP contribution in [0.3, 0.4) is 0 Å². The van der Waals surface area contributed by atoms with E-state index in [0.717, 1.165) is 5.56 Å². The summed E-state index contributed by atoms with van der Waals surface area (Å²) in [5.41, 5.74) is 0.513. The number of rotatable bonds is 3. The molecular weight excluding hydrogens is 216 g/mol. The van der Waals surface area contributed by atoms with Gasteiger partial charge in [-0.15, -0.1) is 0 Å². The molecule has 0 spiro atoms. The highest BCUT2D eigenvalue weighted by Crippen LogP contribution is 2.32. The van der Waals surface area contributed by atoms with Crippen molar-refractivity contribution in [1.82, 2.24) is 0 Å². The second-order valence-corrected chi connectivity index (χ2v) is 4.70. The number of hydrogen-bond acceptors (Lipinski definition) is 3. The Morgan fingerprint density at radius 1 is 1.29 bits per heavy atom. The van der Waals surface area contributed by atoms with E-state index < -0.39 is 5.41 Å². The quantitative estimate of drug-likeness (QED) is 0.806. The number of carbonyl (C=O) groups excluding carboxylic acids is 1. The molecule has 1 saturated heterocycles. The minimum atomic E-state index is -0.486. The van der Waals surface area contributed by atoms with Gasteiger partial charge in [0.2, 0.25) is 0 Å². The first-order chi connectivity index (χ1) is 8.15. The Labute approximate surface area is 102 Å². The largest absolute Gasteiger partial charge is 0.347 e. The standard InChI is InChI=1S/C14H18O3/c1-3-12(15)14(2)9-16-13(17-10-14)11-7-5-4-6-8-11/h4-8,13H,3,9-10H2,1-2H3. The molecule has 1 fully saturated rings. The lowest BCUT2D eigenvalue weighted by atomic mass is 9.85. The average Bonchev–Trinajstić information content (AvgIpc) is 2.39. The van der Waals surface area contributed by atoms with Gasteiger partial charge in [0.25, 0.3) is 0 Å². The maximum atomic E-state index is 11.8. The van der Waals surface area contributed by atoms with Crippen molar-refractivity contribution in [3.63, 3.8) is 0 Å². The van der Waals surface area contributed by atoms with Crippen molar-refractivity contribution in [3.8, 4) is 0 Å². The van der Waals surface area contributed by atoms with Gasteiger partial charge < -0.3 is 9.47 Å². The summed E-state index contributed by atoms with van der Waals surface area (Å²) in [6.45, 7) is 4.63. The Hall–Kier alpha value is -1.19. The molecule has 3 heteroatoms. The van der Waals surface area contributed by atoms with Gasteiger partial charge in [-0.05, 0) is 6.92 Å². The summed E-state index contributed by atoms with van der Waals surface area (Å²) >= 11 is 0. The molecule has 1 heterocycles. The van der Waals surface area contributed by atoms with Gasteiger partial charge >= 0.3 is 0 Å². The van der Waals surface area contributed by atoms with Crippen LogP contribution in [0.1, 0.15) is 32.1 Å². The van der Waals surface area contributed by atoms with Gasteiger partial charge in [-0.2, -0.15) is 0 Å².